The normalized spacial score (nSPS) is 22.3. The van der Waals surface area contributed by atoms with Crippen molar-refractivity contribution >= 4 is 11.8 Å². The van der Waals surface area contributed by atoms with Crippen LogP contribution in [-0.2, 0) is 9.63 Å². The summed E-state index contributed by atoms with van der Waals surface area (Å²) >= 11 is 0. The smallest absolute Gasteiger partial charge is 0.357 e. The Labute approximate surface area is 124 Å². The molecule has 0 N–H and O–H groups in total. The second-order valence-corrected chi connectivity index (χ2v) is 5.25. The van der Waals surface area contributed by atoms with Crippen molar-refractivity contribution in [2.45, 2.75) is 32.2 Å². The lowest BCUT2D eigenvalue weighted by molar-refractivity contribution is -0.172. The van der Waals surface area contributed by atoms with Crippen molar-refractivity contribution in [3.8, 4) is 6.07 Å². The fraction of sp³-hybridized carbons (Fsp3) is 0.438. The Morgan fingerprint density at radius 2 is 2.10 bits per heavy atom. The number of carbonyl (C=O) groups is 2. The number of Topliss-reactive ketones (excluding diaryl/α,β-unsaturated/α-hetero) is 1. The van der Waals surface area contributed by atoms with Gasteiger partial charge in [0.2, 0.25) is 0 Å². The number of hydroxylamine groups is 2. The van der Waals surface area contributed by atoms with E-state index < -0.39 is 12.0 Å². The number of carbonyl (C=O) groups excluding carboxylic acids is 2. The van der Waals surface area contributed by atoms with Crippen LogP contribution in [0.4, 0.5) is 0 Å². The molecule has 2 unspecified atom stereocenters. The predicted octanol–water partition coefficient (Wildman–Crippen LogP) is 2.34. The van der Waals surface area contributed by atoms with E-state index in [1.807, 2.05) is 19.1 Å². The predicted molar refractivity (Wildman–Crippen MR) is 76.0 cm³/mol. The van der Waals surface area contributed by atoms with Gasteiger partial charge in [0.05, 0.1) is 18.1 Å². The summed E-state index contributed by atoms with van der Waals surface area (Å²) in [6, 6.07) is 10.0. The Kier molecular flexibility index (Phi) is 5.07. The standard InChI is InChI=1S/C16H18N2O3/c1-12-6-5-11-18(15(12)14(19)9-10-17)21-16(20)13-7-3-2-4-8-13/h2-4,7-8,12,15H,5-6,9,11H2,1H3. The molecule has 1 aliphatic rings. The van der Waals surface area contributed by atoms with Crippen LogP contribution >= 0.6 is 0 Å². The molecule has 5 nitrogen and oxygen atoms in total. The van der Waals surface area contributed by atoms with Gasteiger partial charge in [0.15, 0.2) is 5.78 Å². The molecule has 21 heavy (non-hydrogen) atoms. The third kappa shape index (κ3) is 3.67. The molecular formula is C16H18N2O3. The second kappa shape index (κ2) is 7.00. The minimum atomic E-state index is -0.522. The quantitative estimate of drug-likeness (QED) is 0.849. The van der Waals surface area contributed by atoms with Crippen molar-refractivity contribution in [1.82, 2.24) is 5.06 Å². The summed E-state index contributed by atoms with van der Waals surface area (Å²) in [4.78, 5) is 29.6. The van der Waals surface area contributed by atoms with Crippen LogP contribution in [0.15, 0.2) is 30.3 Å². The molecule has 1 fully saturated rings. The fourth-order valence-electron chi connectivity index (χ4n) is 2.65. The summed E-state index contributed by atoms with van der Waals surface area (Å²) in [7, 11) is 0. The zero-order valence-corrected chi connectivity index (χ0v) is 12.0. The van der Waals surface area contributed by atoms with E-state index in [1.165, 1.54) is 5.06 Å². The lowest BCUT2D eigenvalue weighted by atomic mass is 9.88. The first-order valence-corrected chi connectivity index (χ1v) is 7.07. The van der Waals surface area contributed by atoms with Gasteiger partial charge in [0.1, 0.15) is 6.04 Å². The van der Waals surface area contributed by atoms with E-state index in [2.05, 4.69) is 0 Å². The van der Waals surface area contributed by atoms with Crippen LogP contribution < -0.4 is 0 Å². The molecule has 0 radical (unpaired) electrons. The van der Waals surface area contributed by atoms with Gasteiger partial charge in [-0.05, 0) is 30.9 Å². The minimum Gasteiger partial charge on any atom is -0.363 e. The van der Waals surface area contributed by atoms with E-state index in [0.29, 0.717) is 12.1 Å². The molecule has 0 amide bonds. The lowest BCUT2D eigenvalue weighted by Gasteiger charge is -2.36. The fourth-order valence-corrected chi connectivity index (χ4v) is 2.65. The van der Waals surface area contributed by atoms with E-state index in [1.54, 1.807) is 24.3 Å². The number of hydrogen-bond donors (Lipinski definition) is 0. The van der Waals surface area contributed by atoms with E-state index >= 15 is 0 Å². The monoisotopic (exact) mass is 286 g/mol. The summed E-state index contributed by atoms with van der Waals surface area (Å²) in [6.45, 7) is 2.47. The molecule has 1 aromatic carbocycles. The van der Waals surface area contributed by atoms with Crippen molar-refractivity contribution in [1.29, 1.82) is 5.26 Å². The topological polar surface area (TPSA) is 70.4 Å². The third-order valence-electron chi connectivity index (χ3n) is 3.68. The Balaban J connectivity index is 2.10. The zero-order chi connectivity index (χ0) is 15.2. The first-order valence-electron chi connectivity index (χ1n) is 7.07. The van der Waals surface area contributed by atoms with Gasteiger partial charge in [-0.3, -0.25) is 4.79 Å². The highest BCUT2D eigenvalue weighted by atomic mass is 16.7. The average molecular weight is 286 g/mol. The maximum Gasteiger partial charge on any atom is 0.357 e. The Hall–Kier alpha value is -2.19. The molecule has 1 saturated heterocycles. The number of nitriles is 1. The van der Waals surface area contributed by atoms with Crippen LogP contribution in [-0.4, -0.2) is 29.4 Å². The molecule has 0 spiro atoms. The molecule has 1 heterocycles. The Morgan fingerprint density at radius 1 is 1.38 bits per heavy atom. The highest BCUT2D eigenvalue weighted by molar-refractivity contribution is 5.90. The number of hydrogen-bond acceptors (Lipinski definition) is 5. The molecule has 2 atom stereocenters. The summed E-state index contributed by atoms with van der Waals surface area (Å²) in [5.74, 6) is -0.590. The van der Waals surface area contributed by atoms with Crippen LogP contribution in [0, 0.1) is 17.2 Å². The van der Waals surface area contributed by atoms with Crippen molar-refractivity contribution in [3.05, 3.63) is 35.9 Å². The van der Waals surface area contributed by atoms with Crippen molar-refractivity contribution in [2.75, 3.05) is 6.54 Å². The van der Waals surface area contributed by atoms with Gasteiger partial charge in [-0.15, -0.1) is 5.06 Å². The highest BCUT2D eigenvalue weighted by Crippen LogP contribution is 2.25. The third-order valence-corrected chi connectivity index (χ3v) is 3.68. The molecule has 0 bridgehead atoms. The molecule has 110 valence electrons. The van der Waals surface area contributed by atoms with E-state index in [0.717, 1.165) is 12.8 Å². The first-order chi connectivity index (χ1) is 10.1. The molecule has 1 aliphatic heterocycles. The molecular weight excluding hydrogens is 268 g/mol. The molecule has 5 heteroatoms. The van der Waals surface area contributed by atoms with Gasteiger partial charge in [-0.1, -0.05) is 25.1 Å². The van der Waals surface area contributed by atoms with Gasteiger partial charge < -0.3 is 4.84 Å². The lowest BCUT2D eigenvalue weighted by Crippen LogP contribution is -2.49. The average Bonchev–Trinajstić information content (AvgIpc) is 2.48. The van der Waals surface area contributed by atoms with Gasteiger partial charge in [-0.25, -0.2) is 4.79 Å². The Morgan fingerprint density at radius 3 is 2.76 bits per heavy atom. The number of benzene rings is 1. The van der Waals surface area contributed by atoms with Gasteiger partial charge in [0, 0.05) is 6.54 Å². The van der Waals surface area contributed by atoms with Crippen LogP contribution in [0.1, 0.15) is 36.5 Å². The second-order valence-electron chi connectivity index (χ2n) is 5.25. The van der Waals surface area contributed by atoms with E-state index in [9.17, 15) is 9.59 Å². The van der Waals surface area contributed by atoms with E-state index in [-0.39, 0.29) is 18.1 Å². The van der Waals surface area contributed by atoms with E-state index in [4.69, 9.17) is 10.1 Å². The molecule has 1 aromatic rings. The highest BCUT2D eigenvalue weighted by Gasteiger charge is 2.36. The maximum atomic E-state index is 12.1. The largest absolute Gasteiger partial charge is 0.363 e. The molecule has 2 rings (SSSR count). The molecule has 0 saturated carbocycles. The van der Waals surface area contributed by atoms with Gasteiger partial charge in [0.25, 0.3) is 0 Å². The van der Waals surface area contributed by atoms with Crippen LogP contribution in [0.3, 0.4) is 0 Å². The summed E-state index contributed by atoms with van der Waals surface area (Å²) in [6.07, 6.45) is 1.59. The summed E-state index contributed by atoms with van der Waals surface area (Å²) < 4.78 is 0. The van der Waals surface area contributed by atoms with Gasteiger partial charge >= 0.3 is 5.97 Å². The summed E-state index contributed by atoms with van der Waals surface area (Å²) in [5.41, 5.74) is 0.446. The zero-order valence-electron chi connectivity index (χ0n) is 12.0. The van der Waals surface area contributed by atoms with Gasteiger partial charge in [-0.2, -0.15) is 5.26 Å². The molecule has 0 aliphatic carbocycles. The van der Waals surface area contributed by atoms with Crippen molar-refractivity contribution < 1.29 is 14.4 Å². The SMILES string of the molecule is CC1CCCN(OC(=O)c2ccccc2)C1C(=O)CC#N. The van der Waals surface area contributed by atoms with Crippen molar-refractivity contribution in [3.63, 3.8) is 0 Å². The number of ketones is 1. The minimum absolute atomic E-state index is 0.0724. The van der Waals surface area contributed by atoms with Crippen LogP contribution in [0.5, 0.6) is 0 Å². The molecule has 0 aromatic heterocycles. The van der Waals surface area contributed by atoms with Crippen molar-refractivity contribution in [2.24, 2.45) is 5.92 Å². The van der Waals surface area contributed by atoms with Crippen LogP contribution in [0.2, 0.25) is 0 Å². The summed E-state index contributed by atoms with van der Waals surface area (Å²) in [5, 5.41) is 10.2. The Bertz CT molecular complexity index is 550. The number of piperidine rings is 1. The maximum absolute atomic E-state index is 12.1. The first kappa shape index (κ1) is 15.2. The number of rotatable bonds is 4. The van der Waals surface area contributed by atoms with Crippen LogP contribution in [0.25, 0.3) is 0 Å². The number of nitrogens with zero attached hydrogens (tertiary/aromatic N) is 2.